The van der Waals surface area contributed by atoms with Gasteiger partial charge >= 0.3 is 6.03 Å². The SMILES string of the molecule is C=CCN(CCO)C(=O)Nc1ccccc1. The average Bonchev–Trinajstić information content (AvgIpc) is 2.30. The molecule has 4 heteroatoms. The fourth-order valence-corrected chi connectivity index (χ4v) is 1.28. The van der Waals surface area contributed by atoms with Crippen LogP contribution >= 0.6 is 0 Å². The Bertz CT molecular complexity index is 338. The molecule has 4 nitrogen and oxygen atoms in total. The highest BCUT2D eigenvalue weighted by Crippen LogP contribution is 2.06. The van der Waals surface area contributed by atoms with E-state index >= 15 is 0 Å². The third-order valence-corrected chi connectivity index (χ3v) is 2.03. The minimum Gasteiger partial charge on any atom is -0.395 e. The van der Waals surface area contributed by atoms with Crippen molar-refractivity contribution in [3.63, 3.8) is 0 Å². The van der Waals surface area contributed by atoms with Gasteiger partial charge in [-0.15, -0.1) is 6.58 Å². The van der Waals surface area contributed by atoms with Crippen molar-refractivity contribution in [2.45, 2.75) is 0 Å². The van der Waals surface area contributed by atoms with Crippen LogP contribution in [0.2, 0.25) is 0 Å². The van der Waals surface area contributed by atoms with E-state index in [4.69, 9.17) is 5.11 Å². The van der Waals surface area contributed by atoms with E-state index in [1.807, 2.05) is 30.3 Å². The zero-order valence-corrected chi connectivity index (χ0v) is 9.10. The second-order valence-corrected chi connectivity index (χ2v) is 3.25. The number of rotatable bonds is 5. The first-order valence-corrected chi connectivity index (χ1v) is 5.10. The largest absolute Gasteiger partial charge is 0.395 e. The fraction of sp³-hybridized carbons (Fsp3) is 0.250. The maximum atomic E-state index is 11.7. The van der Waals surface area contributed by atoms with E-state index in [1.54, 1.807) is 6.08 Å². The number of aliphatic hydroxyl groups is 1. The zero-order valence-electron chi connectivity index (χ0n) is 9.10. The topological polar surface area (TPSA) is 52.6 Å². The molecule has 0 aliphatic carbocycles. The minimum atomic E-state index is -0.236. The van der Waals surface area contributed by atoms with Crippen LogP contribution in [-0.2, 0) is 0 Å². The lowest BCUT2D eigenvalue weighted by Crippen LogP contribution is -2.37. The lowest BCUT2D eigenvalue weighted by molar-refractivity contribution is 0.195. The molecule has 2 amide bonds. The van der Waals surface area contributed by atoms with Gasteiger partial charge in [0.15, 0.2) is 0 Å². The van der Waals surface area contributed by atoms with Gasteiger partial charge in [0, 0.05) is 18.8 Å². The van der Waals surface area contributed by atoms with Gasteiger partial charge in [0.05, 0.1) is 6.61 Å². The Kier molecular flexibility index (Phi) is 5.08. The Hall–Kier alpha value is -1.81. The Morgan fingerprint density at radius 1 is 1.44 bits per heavy atom. The molecule has 1 aromatic rings. The number of amides is 2. The van der Waals surface area contributed by atoms with Crippen LogP contribution < -0.4 is 5.32 Å². The summed E-state index contributed by atoms with van der Waals surface area (Å²) in [6, 6.07) is 8.95. The van der Waals surface area contributed by atoms with Gasteiger partial charge in [0.1, 0.15) is 0 Å². The van der Waals surface area contributed by atoms with Gasteiger partial charge in [-0.3, -0.25) is 0 Å². The van der Waals surface area contributed by atoms with E-state index in [1.165, 1.54) is 4.90 Å². The number of hydrogen-bond donors (Lipinski definition) is 2. The number of para-hydroxylation sites is 1. The van der Waals surface area contributed by atoms with E-state index < -0.39 is 0 Å². The molecule has 1 rings (SSSR count). The summed E-state index contributed by atoms with van der Waals surface area (Å²) in [5.74, 6) is 0. The molecular weight excluding hydrogens is 204 g/mol. The third-order valence-electron chi connectivity index (χ3n) is 2.03. The summed E-state index contributed by atoms with van der Waals surface area (Å²) in [5, 5.41) is 11.6. The van der Waals surface area contributed by atoms with Gasteiger partial charge in [-0.05, 0) is 12.1 Å². The standard InChI is InChI=1S/C12H16N2O2/c1-2-8-14(9-10-15)12(16)13-11-6-4-3-5-7-11/h2-7,15H,1,8-10H2,(H,13,16). The first-order valence-electron chi connectivity index (χ1n) is 5.10. The van der Waals surface area contributed by atoms with Crippen LogP contribution in [0.1, 0.15) is 0 Å². The number of hydrogen-bond acceptors (Lipinski definition) is 2. The summed E-state index contributed by atoms with van der Waals surface area (Å²) in [4.78, 5) is 13.2. The highest BCUT2D eigenvalue weighted by atomic mass is 16.3. The number of nitrogens with zero attached hydrogens (tertiary/aromatic N) is 1. The lowest BCUT2D eigenvalue weighted by atomic mass is 10.3. The van der Waals surface area contributed by atoms with Crippen molar-refractivity contribution in [1.29, 1.82) is 0 Å². The summed E-state index contributed by atoms with van der Waals surface area (Å²) in [7, 11) is 0. The van der Waals surface area contributed by atoms with Gasteiger partial charge in [-0.1, -0.05) is 24.3 Å². The van der Waals surface area contributed by atoms with Gasteiger partial charge in [-0.25, -0.2) is 4.79 Å². The van der Waals surface area contributed by atoms with Crippen LogP contribution in [0.25, 0.3) is 0 Å². The Morgan fingerprint density at radius 2 is 2.12 bits per heavy atom. The highest BCUT2D eigenvalue weighted by Gasteiger charge is 2.10. The van der Waals surface area contributed by atoms with Crippen LogP contribution in [0, 0.1) is 0 Å². The highest BCUT2D eigenvalue weighted by molar-refractivity contribution is 5.89. The van der Waals surface area contributed by atoms with E-state index in [-0.39, 0.29) is 12.6 Å². The summed E-state index contributed by atoms with van der Waals surface area (Å²) < 4.78 is 0. The normalized spacial score (nSPS) is 9.56. The Balaban J connectivity index is 2.58. The fourth-order valence-electron chi connectivity index (χ4n) is 1.28. The Morgan fingerprint density at radius 3 is 2.69 bits per heavy atom. The zero-order chi connectivity index (χ0) is 11.8. The molecule has 2 N–H and O–H groups in total. The van der Waals surface area contributed by atoms with E-state index in [2.05, 4.69) is 11.9 Å². The van der Waals surface area contributed by atoms with Crippen molar-refractivity contribution < 1.29 is 9.90 Å². The monoisotopic (exact) mass is 220 g/mol. The van der Waals surface area contributed by atoms with Crippen molar-refractivity contribution in [3.05, 3.63) is 43.0 Å². The van der Waals surface area contributed by atoms with Crippen LogP contribution in [0.15, 0.2) is 43.0 Å². The molecular formula is C12H16N2O2. The number of carbonyl (C=O) groups is 1. The van der Waals surface area contributed by atoms with Gasteiger partial charge < -0.3 is 15.3 Å². The second kappa shape index (κ2) is 6.63. The predicted molar refractivity (Wildman–Crippen MR) is 64.3 cm³/mol. The van der Waals surface area contributed by atoms with Crippen molar-refractivity contribution in [3.8, 4) is 0 Å². The van der Waals surface area contributed by atoms with E-state index in [9.17, 15) is 4.79 Å². The summed E-state index contributed by atoms with van der Waals surface area (Å²) in [5.41, 5.74) is 0.736. The maximum absolute atomic E-state index is 11.7. The van der Waals surface area contributed by atoms with Gasteiger partial charge in [0.25, 0.3) is 0 Å². The molecule has 0 spiro atoms. The number of carbonyl (C=O) groups excluding carboxylic acids is 1. The van der Waals surface area contributed by atoms with Gasteiger partial charge in [-0.2, -0.15) is 0 Å². The molecule has 0 aliphatic rings. The molecule has 0 bridgehead atoms. The molecule has 0 heterocycles. The molecule has 0 aliphatic heterocycles. The molecule has 0 saturated carbocycles. The summed E-state index contributed by atoms with van der Waals surface area (Å²) in [6.07, 6.45) is 1.63. The van der Waals surface area contributed by atoms with Gasteiger partial charge in [0.2, 0.25) is 0 Å². The number of anilines is 1. The lowest BCUT2D eigenvalue weighted by Gasteiger charge is -2.20. The molecule has 16 heavy (non-hydrogen) atoms. The van der Waals surface area contributed by atoms with Crippen LogP contribution in [0.5, 0.6) is 0 Å². The van der Waals surface area contributed by atoms with E-state index in [0.29, 0.717) is 13.1 Å². The van der Waals surface area contributed by atoms with Crippen molar-refractivity contribution >= 4 is 11.7 Å². The van der Waals surface area contributed by atoms with Crippen LogP contribution in [0.3, 0.4) is 0 Å². The predicted octanol–water partition coefficient (Wildman–Crippen LogP) is 1.70. The van der Waals surface area contributed by atoms with Crippen molar-refractivity contribution in [2.24, 2.45) is 0 Å². The number of nitrogens with one attached hydrogen (secondary N) is 1. The average molecular weight is 220 g/mol. The van der Waals surface area contributed by atoms with Crippen LogP contribution in [0.4, 0.5) is 10.5 Å². The maximum Gasteiger partial charge on any atom is 0.322 e. The smallest absolute Gasteiger partial charge is 0.322 e. The summed E-state index contributed by atoms with van der Waals surface area (Å²) in [6.45, 7) is 4.22. The van der Waals surface area contributed by atoms with Crippen molar-refractivity contribution in [1.82, 2.24) is 4.90 Å². The molecule has 0 fully saturated rings. The number of benzene rings is 1. The minimum absolute atomic E-state index is 0.0595. The molecule has 1 aromatic carbocycles. The summed E-state index contributed by atoms with van der Waals surface area (Å²) >= 11 is 0. The van der Waals surface area contributed by atoms with E-state index in [0.717, 1.165) is 5.69 Å². The second-order valence-electron chi connectivity index (χ2n) is 3.25. The molecule has 0 aromatic heterocycles. The molecule has 0 saturated heterocycles. The molecule has 0 unspecified atom stereocenters. The first kappa shape index (κ1) is 12.3. The van der Waals surface area contributed by atoms with Crippen LogP contribution in [-0.4, -0.2) is 35.7 Å². The number of urea groups is 1. The third kappa shape index (κ3) is 3.74. The molecule has 0 atom stereocenters. The molecule has 0 radical (unpaired) electrons. The first-order chi connectivity index (χ1) is 7.77. The Labute approximate surface area is 95.2 Å². The quantitative estimate of drug-likeness (QED) is 0.742. The van der Waals surface area contributed by atoms with Crippen molar-refractivity contribution in [2.75, 3.05) is 25.0 Å². The molecule has 86 valence electrons. The number of aliphatic hydroxyl groups excluding tert-OH is 1.